The fraction of sp³-hybridized carbons (Fsp3) is 0.391. The average Bonchev–Trinajstić information content (AvgIpc) is 3.22. The maximum absolute atomic E-state index is 13.0. The molecule has 1 saturated heterocycles. The largest absolute Gasteiger partial charge is 0.381 e. The van der Waals surface area contributed by atoms with Crippen molar-refractivity contribution >= 4 is 28.5 Å². The zero-order valence-corrected chi connectivity index (χ0v) is 18.6. The third-order valence-corrected chi connectivity index (χ3v) is 5.70. The highest BCUT2D eigenvalue weighted by atomic mass is 16.5. The van der Waals surface area contributed by atoms with Gasteiger partial charge in [-0.05, 0) is 45.2 Å². The molecular formula is C23H28N6O3. The molecule has 9 nitrogen and oxygen atoms in total. The summed E-state index contributed by atoms with van der Waals surface area (Å²) in [6.45, 7) is 7.84. The summed E-state index contributed by atoms with van der Waals surface area (Å²) in [4.78, 5) is 30.1. The average molecular weight is 437 g/mol. The first-order valence-electron chi connectivity index (χ1n) is 10.8. The van der Waals surface area contributed by atoms with Crippen LogP contribution in [0.15, 0.2) is 30.6 Å². The van der Waals surface area contributed by atoms with Crippen molar-refractivity contribution in [3.63, 3.8) is 0 Å². The molecule has 0 atom stereocenters. The maximum Gasteiger partial charge on any atom is 0.273 e. The van der Waals surface area contributed by atoms with Gasteiger partial charge in [0, 0.05) is 37.6 Å². The molecular weight excluding hydrogens is 408 g/mol. The van der Waals surface area contributed by atoms with Gasteiger partial charge in [0.25, 0.3) is 11.8 Å². The molecule has 0 unspecified atom stereocenters. The molecule has 1 aromatic carbocycles. The lowest BCUT2D eigenvalue weighted by molar-refractivity contribution is 0.0845. The van der Waals surface area contributed by atoms with Gasteiger partial charge in [0.1, 0.15) is 0 Å². The van der Waals surface area contributed by atoms with Crippen molar-refractivity contribution in [1.82, 2.24) is 25.6 Å². The molecule has 1 aliphatic rings. The summed E-state index contributed by atoms with van der Waals surface area (Å²) in [7, 11) is 0. The van der Waals surface area contributed by atoms with Gasteiger partial charge in [-0.1, -0.05) is 17.7 Å². The zero-order valence-electron chi connectivity index (χ0n) is 18.6. The first-order valence-corrected chi connectivity index (χ1v) is 10.8. The Morgan fingerprint density at radius 1 is 1.09 bits per heavy atom. The van der Waals surface area contributed by atoms with Crippen LogP contribution >= 0.6 is 0 Å². The number of benzene rings is 1. The number of carbonyl (C=O) groups is 2. The molecule has 0 spiro atoms. The number of carbonyl (C=O) groups excluding carboxylic acids is 2. The number of amides is 2. The van der Waals surface area contributed by atoms with Crippen LogP contribution in [-0.2, 0) is 11.3 Å². The van der Waals surface area contributed by atoms with Crippen molar-refractivity contribution in [1.29, 1.82) is 0 Å². The van der Waals surface area contributed by atoms with Gasteiger partial charge in [0.2, 0.25) is 0 Å². The molecule has 4 rings (SSSR count). The van der Waals surface area contributed by atoms with E-state index >= 15 is 0 Å². The minimum absolute atomic E-state index is 0.177. The van der Waals surface area contributed by atoms with E-state index in [1.54, 1.807) is 16.9 Å². The van der Waals surface area contributed by atoms with E-state index < -0.39 is 5.91 Å². The predicted octanol–water partition coefficient (Wildman–Crippen LogP) is 2.73. The van der Waals surface area contributed by atoms with E-state index in [1.165, 1.54) is 6.20 Å². The summed E-state index contributed by atoms with van der Waals surface area (Å²) in [5.74, 6) is -0.820. The molecule has 32 heavy (non-hydrogen) atoms. The summed E-state index contributed by atoms with van der Waals surface area (Å²) < 4.78 is 7.24. The van der Waals surface area contributed by atoms with E-state index in [0.717, 1.165) is 29.4 Å². The lowest BCUT2D eigenvalue weighted by atomic mass is 10.1. The Balaban J connectivity index is 1.58. The van der Waals surface area contributed by atoms with Crippen molar-refractivity contribution in [2.24, 2.45) is 0 Å². The Morgan fingerprint density at radius 3 is 2.50 bits per heavy atom. The maximum atomic E-state index is 13.0. The number of nitrogens with zero attached hydrogens (tertiary/aromatic N) is 3. The molecule has 2 amide bonds. The van der Waals surface area contributed by atoms with Gasteiger partial charge in [-0.3, -0.25) is 20.4 Å². The minimum atomic E-state index is -0.448. The van der Waals surface area contributed by atoms with Crippen LogP contribution in [0.3, 0.4) is 0 Å². The Hall–Kier alpha value is -3.46. The van der Waals surface area contributed by atoms with Crippen LogP contribution in [0.5, 0.6) is 0 Å². The quantitative estimate of drug-likeness (QED) is 0.531. The summed E-state index contributed by atoms with van der Waals surface area (Å²) in [5.41, 5.74) is 9.19. The molecule has 0 aliphatic carbocycles. The van der Waals surface area contributed by atoms with Crippen molar-refractivity contribution in [2.75, 3.05) is 18.5 Å². The number of anilines is 1. The number of pyridine rings is 1. The van der Waals surface area contributed by atoms with E-state index in [2.05, 4.69) is 26.3 Å². The second-order valence-electron chi connectivity index (χ2n) is 8.00. The smallest absolute Gasteiger partial charge is 0.273 e. The van der Waals surface area contributed by atoms with Gasteiger partial charge in [0.15, 0.2) is 5.65 Å². The number of hydrogen-bond donors (Lipinski definition) is 3. The van der Waals surface area contributed by atoms with E-state index in [4.69, 9.17) is 4.74 Å². The molecule has 168 valence electrons. The summed E-state index contributed by atoms with van der Waals surface area (Å²) in [6, 6.07) is 5.71. The van der Waals surface area contributed by atoms with E-state index in [0.29, 0.717) is 42.2 Å². The topological polar surface area (TPSA) is 110 Å². The van der Waals surface area contributed by atoms with E-state index in [1.807, 2.05) is 32.9 Å². The van der Waals surface area contributed by atoms with Gasteiger partial charge in [-0.25, -0.2) is 9.67 Å². The standard InChI is InChI=1S/C23H28N6O3/c1-4-29-21-18(13-25-29)20(26-16-7-9-32-10-8-16)19(12-24-21)23(31)28-27-22(30)17-6-5-14(2)11-15(17)3/h5-6,11-13,16H,4,7-10H2,1-3H3,(H,24,26)(H,27,30)(H,28,31). The third-order valence-electron chi connectivity index (χ3n) is 5.70. The SMILES string of the molecule is CCn1ncc2c(NC3CCOCC3)c(C(=O)NNC(=O)c3ccc(C)cc3C)cnc21. The first kappa shape index (κ1) is 21.8. The Bertz CT molecular complexity index is 1150. The highest BCUT2D eigenvalue weighted by molar-refractivity contribution is 6.07. The van der Waals surface area contributed by atoms with Crippen LogP contribution in [-0.4, -0.2) is 45.8 Å². The van der Waals surface area contributed by atoms with Crippen LogP contribution < -0.4 is 16.2 Å². The lowest BCUT2D eigenvalue weighted by Gasteiger charge is -2.25. The zero-order chi connectivity index (χ0) is 22.7. The lowest BCUT2D eigenvalue weighted by Crippen LogP contribution is -2.42. The molecule has 9 heteroatoms. The van der Waals surface area contributed by atoms with Crippen molar-refractivity contribution < 1.29 is 14.3 Å². The van der Waals surface area contributed by atoms with Crippen molar-refractivity contribution in [3.8, 4) is 0 Å². The number of nitrogens with one attached hydrogen (secondary N) is 3. The van der Waals surface area contributed by atoms with Gasteiger partial charge < -0.3 is 10.1 Å². The Kier molecular flexibility index (Phi) is 6.36. The highest BCUT2D eigenvalue weighted by Crippen LogP contribution is 2.28. The molecule has 3 heterocycles. The molecule has 2 aromatic heterocycles. The Labute approximate surface area is 186 Å². The summed E-state index contributed by atoms with van der Waals surface area (Å²) in [6.07, 6.45) is 4.93. The number of fused-ring (bicyclic) bond motifs is 1. The number of aryl methyl sites for hydroxylation is 3. The van der Waals surface area contributed by atoms with Gasteiger partial charge >= 0.3 is 0 Å². The molecule has 0 bridgehead atoms. The van der Waals surface area contributed by atoms with Gasteiger partial charge in [-0.15, -0.1) is 0 Å². The van der Waals surface area contributed by atoms with Gasteiger partial charge in [-0.2, -0.15) is 5.10 Å². The van der Waals surface area contributed by atoms with E-state index in [9.17, 15) is 9.59 Å². The molecule has 3 N–H and O–H groups in total. The summed E-state index contributed by atoms with van der Waals surface area (Å²) in [5, 5.41) is 8.66. The highest BCUT2D eigenvalue weighted by Gasteiger charge is 2.22. The monoisotopic (exact) mass is 436 g/mol. The normalized spacial score (nSPS) is 14.3. The number of aromatic nitrogens is 3. The van der Waals surface area contributed by atoms with Crippen LogP contribution in [0, 0.1) is 13.8 Å². The number of hydrogen-bond acceptors (Lipinski definition) is 6. The molecule has 1 aliphatic heterocycles. The second-order valence-corrected chi connectivity index (χ2v) is 8.00. The second kappa shape index (κ2) is 9.35. The summed E-state index contributed by atoms with van der Waals surface area (Å²) >= 11 is 0. The minimum Gasteiger partial charge on any atom is -0.381 e. The molecule has 0 radical (unpaired) electrons. The van der Waals surface area contributed by atoms with Crippen molar-refractivity contribution in [3.05, 3.63) is 52.8 Å². The fourth-order valence-electron chi connectivity index (χ4n) is 3.95. The van der Waals surface area contributed by atoms with Gasteiger partial charge in [0.05, 0.1) is 22.8 Å². The van der Waals surface area contributed by atoms with Crippen LogP contribution in [0.25, 0.3) is 11.0 Å². The van der Waals surface area contributed by atoms with Crippen molar-refractivity contribution in [2.45, 2.75) is 46.2 Å². The van der Waals surface area contributed by atoms with Crippen LogP contribution in [0.1, 0.15) is 51.6 Å². The third kappa shape index (κ3) is 4.43. The van der Waals surface area contributed by atoms with Crippen LogP contribution in [0.4, 0.5) is 5.69 Å². The number of ether oxygens (including phenoxy) is 1. The van der Waals surface area contributed by atoms with Crippen LogP contribution in [0.2, 0.25) is 0 Å². The molecule has 1 fully saturated rings. The van der Waals surface area contributed by atoms with E-state index in [-0.39, 0.29) is 11.9 Å². The first-order chi connectivity index (χ1) is 15.5. The molecule has 0 saturated carbocycles. The fourth-order valence-corrected chi connectivity index (χ4v) is 3.95. The number of hydrazine groups is 1. The predicted molar refractivity (Wildman–Crippen MR) is 122 cm³/mol. The Morgan fingerprint density at radius 2 is 1.81 bits per heavy atom. The number of rotatable bonds is 5. The molecule has 3 aromatic rings.